The highest BCUT2D eigenvalue weighted by Gasteiger charge is 2.39. The Bertz CT molecular complexity index is 493. The van der Waals surface area contributed by atoms with Crippen LogP contribution in [-0.4, -0.2) is 22.0 Å². The number of pyridine rings is 1. The Labute approximate surface area is 120 Å². The van der Waals surface area contributed by atoms with Gasteiger partial charge in [-0.15, -0.1) is 0 Å². The molecule has 0 unspecified atom stereocenters. The fourth-order valence-electron chi connectivity index (χ4n) is 3.77. The van der Waals surface area contributed by atoms with Crippen LogP contribution in [0.1, 0.15) is 57.4 Å². The Hall–Kier alpha value is -1.58. The molecule has 0 radical (unpaired) electrons. The van der Waals surface area contributed by atoms with Crippen LogP contribution in [0.5, 0.6) is 5.75 Å². The molecule has 110 valence electrons. The van der Waals surface area contributed by atoms with Crippen LogP contribution in [0.2, 0.25) is 0 Å². The highest BCUT2D eigenvalue weighted by molar-refractivity contribution is 5.94. The van der Waals surface area contributed by atoms with Crippen molar-refractivity contribution in [3.8, 4) is 5.75 Å². The maximum Gasteiger partial charge on any atom is 0.273 e. The van der Waals surface area contributed by atoms with Gasteiger partial charge in [0, 0.05) is 12.2 Å². The summed E-state index contributed by atoms with van der Waals surface area (Å²) in [4.78, 5) is 16.2. The van der Waals surface area contributed by atoms with Gasteiger partial charge >= 0.3 is 0 Å². The Balaban J connectivity index is 2.10. The van der Waals surface area contributed by atoms with E-state index in [2.05, 4.69) is 38.0 Å². The van der Waals surface area contributed by atoms with Gasteiger partial charge in [-0.3, -0.25) is 4.79 Å². The zero-order chi connectivity index (χ0) is 15.0. The van der Waals surface area contributed by atoms with Crippen molar-refractivity contribution in [1.82, 2.24) is 10.3 Å². The minimum Gasteiger partial charge on any atom is -0.505 e. The maximum absolute atomic E-state index is 12.2. The zero-order valence-electron chi connectivity index (χ0n) is 12.7. The van der Waals surface area contributed by atoms with Gasteiger partial charge in [0.1, 0.15) is 5.75 Å². The fourth-order valence-corrected chi connectivity index (χ4v) is 3.77. The average molecular weight is 276 g/mol. The van der Waals surface area contributed by atoms with Gasteiger partial charge in [-0.1, -0.05) is 27.7 Å². The molecule has 1 aliphatic carbocycles. The number of aromatic nitrogens is 1. The monoisotopic (exact) mass is 276 g/mol. The fraction of sp³-hybridized carbons (Fsp3) is 0.625. The highest BCUT2D eigenvalue weighted by atomic mass is 16.3. The third-order valence-corrected chi connectivity index (χ3v) is 3.89. The van der Waals surface area contributed by atoms with E-state index in [4.69, 9.17) is 0 Å². The minimum absolute atomic E-state index is 0.0701. The molecule has 2 rings (SSSR count). The smallest absolute Gasteiger partial charge is 0.273 e. The molecule has 1 amide bonds. The van der Waals surface area contributed by atoms with Crippen molar-refractivity contribution in [3.05, 3.63) is 24.0 Å². The number of nitrogens with zero attached hydrogens (tertiary/aromatic N) is 1. The summed E-state index contributed by atoms with van der Waals surface area (Å²) in [6.45, 7) is 8.97. The van der Waals surface area contributed by atoms with Crippen LogP contribution in [0.3, 0.4) is 0 Å². The van der Waals surface area contributed by atoms with Gasteiger partial charge in [0.15, 0.2) is 5.69 Å². The Morgan fingerprint density at radius 3 is 2.45 bits per heavy atom. The number of hydrogen-bond acceptors (Lipinski definition) is 3. The van der Waals surface area contributed by atoms with Gasteiger partial charge in [0.25, 0.3) is 5.91 Å². The number of aromatic hydroxyl groups is 1. The lowest BCUT2D eigenvalue weighted by atomic mass is 9.63. The molecule has 1 aromatic heterocycles. The molecule has 1 aliphatic rings. The first kappa shape index (κ1) is 14.8. The van der Waals surface area contributed by atoms with Crippen molar-refractivity contribution in [2.75, 3.05) is 0 Å². The number of amides is 1. The van der Waals surface area contributed by atoms with Gasteiger partial charge in [0.2, 0.25) is 0 Å². The summed E-state index contributed by atoms with van der Waals surface area (Å²) in [5.41, 5.74) is 0.534. The second-order valence-electron chi connectivity index (χ2n) is 7.45. The number of rotatable bonds is 2. The molecule has 4 heteroatoms. The topological polar surface area (TPSA) is 62.2 Å². The Kier molecular flexibility index (Phi) is 3.76. The summed E-state index contributed by atoms with van der Waals surface area (Å²) in [6.07, 6.45) is 4.58. The number of hydrogen-bond donors (Lipinski definition) is 2. The van der Waals surface area contributed by atoms with Crippen LogP contribution in [0.15, 0.2) is 18.3 Å². The summed E-state index contributed by atoms with van der Waals surface area (Å²) in [5.74, 6) is -0.360. The van der Waals surface area contributed by atoms with Crippen molar-refractivity contribution in [2.45, 2.75) is 53.0 Å². The van der Waals surface area contributed by atoms with Crippen LogP contribution in [-0.2, 0) is 0 Å². The van der Waals surface area contributed by atoms with E-state index in [0.29, 0.717) is 0 Å². The van der Waals surface area contributed by atoms with Crippen molar-refractivity contribution in [3.63, 3.8) is 0 Å². The number of carbonyl (C=O) groups is 1. The molecule has 1 saturated carbocycles. The van der Waals surface area contributed by atoms with Crippen molar-refractivity contribution in [1.29, 1.82) is 0 Å². The largest absolute Gasteiger partial charge is 0.505 e. The summed E-state index contributed by atoms with van der Waals surface area (Å²) >= 11 is 0. The zero-order valence-corrected chi connectivity index (χ0v) is 12.7. The Morgan fingerprint density at radius 1 is 1.30 bits per heavy atom. The molecular weight excluding hydrogens is 252 g/mol. The summed E-state index contributed by atoms with van der Waals surface area (Å²) in [7, 11) is 0. The number of carbonyl (C=O) groups excluding carboxylic acids is 1. The maximum atomic E-state index is 12.2. The van der Waals surface area contributed by atoms with E-state index in [9.17, 15) is 9.90 Å². The van der Waals surface area contributed by atoms with E-state index < -0.39 is 0 Å². The molecule has 0 bridgehead atoms. The van der Waals surface area contributed by atoms with Gasteiger partial charge in [-0.25, -0.2) is 4.98 Å². The highest BCUT2D eigenvalue weighted by Crippen LogP contribution is 2.45. The second-order valence-corrected chi connectivity index (χ2v) is 7.45. The SMILES string of the molecule is CC1(C)CC(NC(=O)c2ncccc2O)CC(C)(C)C1. The van der Waals surface area contributed by atoms with Crippen LogP contribution < -0.4 is 5.32 Å². The van der Waals surface area contributed by atoms with E-state index in [1.165, 1.54) is 12.3 Å². The number of nitrogens with one attached hydrogen (secondary N) is 1. The molecule has 1 aromatic rings. The predicted octanol–water partition coefficient (Wildman–Crippen LogP) is 3.12. The minimum atomic E-state index is -0.290. The van der Waals surface area contributed by atoms with Gasteiger partial charge in [0.05, 0.1) is 0 Å². The first-order valence-corrected chi connectivity index (χ1v) is 7.13. The normalized spacial score (nSPS) is 21.4. The average Bonchev–Trinajstić information content (AvgIpc) is 2.24. The summed E-state index contributed by atoms with van der Waals surface area (Å²) in [6, 6.07) is 3.22. The van der Waals surface area contributed by atoms with E-state index in [1.54, 1.807) is 6.07 Å². The van der Waals surface area contributed by atoms with E-state index in [-0.39, 0.29) is 34.2 Å². The lowest BCUT2D eigenvalue weighted by Gasteiger charge is -2.45. The van der Waals surface area contributed by atoms with Crippen LogP contribution in [0.4, 0.5) is 0 Å². The molecule has 20 heavy (non-hydrogen) atoms. The third-order valence-electron chi connectivity index (χ3n) is 3.89. The van der Waals surface area contributed by atoms with Gasteiger partial charge in [-0.05, 0) is 42.2 Å². The second kappa shape index (κ2) is 5.08. The molecule has 4 nitrogen and oxygen atoms in total. The van der Waals surface area contributed by atoms with Crippen LogP contribution >= 0.6 is 0 Å². The van der Waals surface area contributed by atoms with E-state index >= 15 is 0 Å². The molecule has 0 atom stereocenters. The van der Waals surface area contributed by atoms with E-state index in [1.807, 2.05) is 0 Å². The first-order chi connectivity index (χ1) is 9.19. The van der Waals surface area contributed by atoms with Crippen molar-refractivity contribution < 1.29 is 9.90 Å². The lowest BCUT2D eigenvalue weighted by molar-refractivity contribution is 0.0709. The molecule has 0 aromatic carbocycles. The molecule has 0 aliphatic heterocycles. The molecule has 0 saturated heterocycles. The quantitative estimate of drug-likeness (QED) is 0.872. The lowest BCUT2D eigenvalue weighted by Crippen LogP contribution is -2.46. The third kappa shape index (κ3) is 3.50. The standard InChI is InChI=1S/C16H24N2O2/c1-15(2)8-11(9-16(3,4)10-15)18-14(20)13-12(19)6-5-7-17-13/h5-7,11,19H,8-10H2,1-4H3,(H,18,20). The Morgan fingerprint density at radius 2 is 1.90 bits per heavy atom. The summed E-state index contributed by atoms with van der Waals surface area (Å²) in [5, 5.41) is 12.7. The van der Waals surface area contributed by atoms with Gasteiger partial charge in [-0.2, -0.15) is 0 Å². The van der Waals surface area contributed by atoms with Gasteiger partial charge < -0.3 is 10.4 Å². The van der Waals surface area contributed by atoms with Crippen molar-refractivity contribution in [2.24, 2.45) is 10.8 Å². The molecule has 0 spiro atoms. The first-order valence-electron chi connectivity index (χ1n) is 7.13. The molecular formula is C16H24N2O2. The van der Waals surface area contributed by atoms with E-state index in [0.717, 1.165) is 19.3 Å². The van der Waals surface area contributed by atoms with Crippen molar-refractivity contribution >= 4 is 5.91 Å². The van der Waals surface area contributed by atoms with Crippen LogP contribution in [0, 0.1) is 10.8 Å². The molecule has 1 fully saturated rings. The molecule has 1 heterocycles. The predicted molar refractivity (Wildman–Crippen MR) is 78.6 cm³/mol. The van der Waals surface area contributed by atoms with Crippen LogP contribution in [0.25, 0.3) is 0 Å². The molecule has 2 N–H and O–H groups in total. The summed E-state index contributed by atoms with van der Waals surface area (Å²) < 4.78 is 0.